The van der Waals surface area contributed by atoms with E-state index in [1.54, 1.807) is 0 Å². The lowest BCUT2D eigenvalue weighted by molar-refractivity contribution is 0.0697. The van der Waals surface area contributed by atoms with E-state index in [-0.39, 0.29) is 5.56 Å². The normalized spacial score (nSPS) is 21.0. The van der Waals surface area contributed by atoms with Crippen LogP contribution in [0.3, 0.4) is 0 Å². The number of hydrogen-bond acceptors (Lipinski definition) is 4. The Balaban J connectivity index is 2.10. The molecule has 1 aliphatic carbocycles. The Morgan fingerprint density at radius 2 is 2.25 bits per heavy atom. The molecule has 6 heteroatoms. The Morgan fingerprint density at radius 3 is 2.96 bits per heavy atom. The van der Waals surface area contributed by atoms with Crippen molar-refractivity contribution in [2.45, 2.75) is 31.7 Å². The fourth-order valence-electron chi connectivity index (χ4n) is 3.70. The highest BCUT2D eigenvalue weighted by Crippen LogP contribution is 2.36. The zero-order chi connectivity index (χ0) is 17.3. The number of pyridine rings is 1. The third kappa shape index (κ3) is 3.26. The zero-order valence-electron chi connectivity index (χ0n) is 13.7. The van der Waals surface area contributed by atoms with Gasteiger partial charge in [-0.3, -0.25) is 4.98 Å². The highest BCUT2D eigenvalue weighted by Gasteiger charge is 2.28. The molecule has 0 spiro atoms. The van der Waals surface area contributed by atoms with Crippen molar-refractivity contribution >= 4 is 38.5 Å². The Kier molecular flexibility index (Phi) is 5.06. The number of nitrogens with two attached hydrogens (primary N) is 1. The quantitative estimate of drug-likeness (QED) is 0.831. The maximum atomic E-state index is 11.8. The topological polar surface area (TPSA) is 79.5 Å². The second-order valence-corrected chi connectivity index (χ2v) is 7.44. The smallest absolute Gasteiger partial charge is 0.339 e. The van der Waals surface area contributed by atoms with Crippen molar-refractivity contribution in [3.63, 3.8) is 0 Å². The van der Waals surface area contributed by atoms with Crippen molar-refractivity contribution in [1.29, 1.82) is 0 Å². The summed E-state index contributed by atoms with van der Waals surface area (Å²) < 4.78 is 0.914. The monoisotopic (exact) mass is 391 g/mol. The first-order chi connectivity index (χ1) is 11.5. The maximum absolute atomic E-state index is 11.8. The Bertz CT molecular complexity index is 765. The van der Waals surface area contributed by atoms with Gasteiger partial charge in [-0.15, -0.1) is 0 Å². The lowest BCUT2D eigenvalue weighted by atomic mass is 9.84. The van der Waals surface area contributed by atoms with E-state index in [1.807, 2.05) is 25.2 Å². The molecule has 0 aliphatic heterocycles. The number of rotatable bonds is 4. The van der Waals surface area contributed by atoms with Gasteiger partial charge < -0.3 is 15.7 Å². The predicted molar refractivity (Wildman–Crippen MR) is 99.6 cm³/mol. The number of hydrogen-bond donors (Lipinski definition) is 2. The largest absolute Gasteiger partial charge is 0.478 e. The molecular formula is C18H22BrN3O2. The number of anilines is 1. The number of aromatic carboxylic acids is 1. The van der Waals surface area contributed by atoms with Gasteiger partial charge in [0.1, 0.15) is 5.56 Å². The molecule has 1 aromatic carbocycles. The fraction of sp³-hybridized carbons (Fsp3) is 0.444. The lowest BCUT2D eigenvalue weighted by Gasteiger charge is -2.37. The van der Waals surface area contributed by atoms with E-state index in [2.05, 4.69) is 25.8 Å². The van der Waals surface area contributed by atoms with Gasteiger partial charge in [0.25, 0.3) is 0 Å². The molecule has 3 N–H and O–H groups in total. The Hall–Kier alpha value is -1.66. The first-order valence-corrected chi connectivity index (χ1v) is 9.05. The van der Waals surface area contributed by atoms with E-state index in [1.165, 1.54) is 6.20 Å². The molecular weight excluding hydrogens is 370 g/mol. The summed E-state index contributed by atoms with van der Waals surface area (Å²) >= 11 is 3.48. The molecule has 2 atom stereocenters. The molecule has 0 amide bonds. The van der Waals surface area contributed by atoms with Crippen LogP contribution in [-0.4, -0.2) is 35.7 Å². The molecule has 1 fully saturated rings. The van der Waals surface area contributed by atoms with Gasteiger partial charge in [0.05, 0.1) is 11.2 Å². The molecule has 3 rings (SSSR count). The molecule has 2 aromatic rings. The van der Waals surface area contributed by atoms with E-state index in [9.17, 15) is 9.90 Å². The molecule has 1 aromatic heterocycles. The van der Waals surface area contributed by atoms with Gasteiger partial charge in [-0.25, -0.2) is 4.79 Å². The minimum Gasteiger partial charge on any atom is -0.478 e. The SMILES string of the molecule is CN(c1c(C(=O)O)cnc2ccc(Br)cc12)C1CCCC(CN)C1. The number of carboxylic acid groups (broad SMARTS) is 1. The Labute approximate surface area is 150 Å². The molecule has 1 aliphatic rings. The summed E-state index contributed by atoms with van der Waals surface area (Å²) in [4.78, 5) is 18.2. The molecule has 0 saturated heterocycles. The van der Waals surface area contributed by atoms with Crippen molar-refractivity contribution in [2.24, 2.45) is 11.7 Å². The van der Waals surface area contributed by atoms with Gasteiger partial charge in [0, 0.05) is 29.1 Å². The van der Waals surface area contributed by atoms with Crippen molar-refractivity contribution in [3.8, 4) is 0 Å². The minimum absolute atomic E-state index is 0.248. The number of benzene rings is 1. The van der Waals surface area contributed by atoms with E-state index in [4.69, 9.17) is 5.73 Å². The number of halogens is 1. The molecule has 128 valence electrons. The van der Waals surface area contributed by atoms with Gasteiger partial charge in [-0.2, -0.15) is 0 Å². The average Bonchev–Trinajstić information content (AvgIpc) is 2.59. The van der Waals surface area contributed by atoms with Crippen LogP contribution in [0.15, 0.2) is 28.9 Å². The van der Waals surface area contributed by atoms with Crippen LogP contribution >= 0.6 is 15.9 Å². The fourth-order valence-corrected chi connectivity index (χ4v) is 4.06. The van der Waals surface area contributed by atoms with Crippen molar-refractivity contribution in [2.75, 3.05) is 18.5 Å². The summed E-state index contributed by atoms with van der Waals surface area (Å²) in [5.41, 5.74) is 7.66. The summed E-state index contributed by atoms with van der Waals surface area (Å²) in [6.07, 6.45) is 5.82. The van der Waals surface area contributed by atoms with Crippen LogP contribution < -0.4 is 10.6 Å². The van der Waals surface area contributed by atoms with Crippen molar-refractivity contribution < 1.29 is 9.90 Å². The van der Waals surface area contributed by atoms with Gasteiger partial charge in [0.2, 0.25) is 0 Å². The molecule has 1 saturated carbocycles. The summed E-state index contributed by atoms with van der Waals surface area (Å²) in [5.74, 6) is -0.434. The van der Waals surface area contributed by atoms with Gasteiger partial charge >= 0.3 is 5.97 Å². The molecule has 0 bridgehead atoms. The van der Waals surface area contributed by atoms with E-state index in [0.717, 1.165) is 46.7 Å². The second-order valence-electron chi connectivity index (χ2n) is 6.52. The minimum atomic E-state index is -0.947. The molecule has 5 nitrogen and oxygen atoms in total. The zero-order valence-corrected chi connectivity index (χ0v) is 15.3. The standard InChI is InChI=1S/C18H22BrN3O2/c1-22(13-4-2-3-11(7-13)9-20)17-14-8-12(19)5-6-16(14)21-10-15(17)18(23)24/h5-6,8,10-11,13H,2-4,7,9,20H2,1H3,(H,23,24). The third-order valence-corrected chi connectivity index (χ3v) is 5.51. The first-order valence-electron chi connectivity index (χ1n) is 8.25. The molecule has 0 radical (unpaired) electrons. The number of nitrogens with zero attached hydrogens (tertiary/aromatic N) is 2. The average molecular weight is 392 g/mol. The number of fused-ring (bicyclic) bond motifs is 1. The Morgan fingerprint density at radius 1 is 1.46 bits per heavy atom. The number of carbonyl (C=O) groups is 1. The lowest BCUT2D eigenvalue weighted by Crippen LogP contribution is -2.38. The van der Waals surface area contributed by atoms with Crippen LogP contribution in [0, 0.1) is 5.92 Å². The second kappa shape index (κ2) is 7.07. The van der Waals surface area contributed by atoms with Crippen LogP contribution in [-0.2, 0) is 0 Å². The summed E-state index contributed by atoms with van der Waals surface area (Å²) in [6.45, 7) is 0.693. The van der Waals surface area contributed by atoms with E-state index < -0.39 is 5.97 Å². The molecule has 2 unspecified atom stereocenters. The van der Waals surface area contributed by atoms with E-state index in [0.29, 0.717) is 18.5 Å². The van der Waals surface area contributed by atoms with Gasteiger partial charge in [-0.1, -0.05) is 22.4 Å². The van der Waals surface area contributed by atoms with Gasteiger partial charge in [0.15, 0.2) is 0 Å². The number of aromatic nitrogens is 1. The summed E-state index contributed by atoms with van der Waals surface area (Å²) in [7, 11) is 1.99. The number of carboxylic acids is 1. The van der Waals surface area contributed by atoms with Crippen molar-refractivity contribution in [3.05, 3.63) is 34.4 Å². The van der Waals surface area contributed by atoms with E-state index >= 15 is 0 Å². The third-order valence-electron chi connectivity index (χ3n) is 5.02. The van der Waals surface area contributed by atoms with Crippen molar-refractivity contribution in [1.82, 2.24) is 4.98 Å². The van der Waals surface area contributed by atoms with Crippen LogP contribution in [0.4, 0.5) is 5.69 Å². The van der Waals surface area contributed by atoms with Crippen LogP contribution in [0.5, 0.6) is 0 Å². The maximum Gasteiger partial charge on any atom is 0.339 e. The van der Waals surface area contributed by atoms with Crippen LogP contribution in [0.1, 0.15) is 36.0 Å². The predicted octanol–water partition coefficient (Wildman–Crippen LogP) is 3.65. The molecule has 1 heterocycles. The van der Waals surface area contributed by atoms with Crippen LogP contribution in [0.25, 0.3) is 10.9 Å². The molecule has 24 heavy (non-hydrogen) atoms. The van der Waals surface area contributed by atoms with Crippen LogP contribution in [0.2, 0.25) is 0 Å². The van der Waals surface area contributed by atoms with Gasteiger partial charge in [-0.05, 0) is 49.9 Å². The summed E-state index contributed by atoms with van der Waals surface area (Å²) in [5, 5.41) is 10.5. The summed E-state index contributed by atoms with van der Waals surface area (Å²) in [6, 6.07) is 6.08. The highest BCUT2D eigenvalue weighted by atomic mass is 79.9. The highest BCUT2D eigenvalue weighted by molar-refractivity contribution is 9.10. The first kappa shape index (κ1) is 17.2.